The molecule has 0 aliphatic heterocycles. The molecule has 20 heavy (non-hydrogen) atoms. The maximum Gasteiger partial charge on any atom is 0.324 e. The van der Waals surface area contributed by atoms with E-state index in [1.807, 2.05) is 0 Å². The first kappa shape index (κ1) is 16.6. The molecule has 1 rings (SSSR count). The highest BCUT2D eigenvalue weighted by Crippen LogP contribution is 2.07. The second-order valence-electron chi connectivity index (χ2n) is 4.79. The van der Waals surface area contributed by atoms with Crippen molar-refractivity contribution in [3.05, 3.63) is 30.1 Å². The second kappa shape index (κ2) is 7.35. The zero-order valence-corrected chi connectivity index (χ0v) is 12.7. The van der Waals surface area contributed by atoms with E-state index in [4.69, 9.17) is 0 Å². The molecule has 0 radical (unpaired) electrons. The number of nitrogens with one attached hydrogen (secondary N) is 1. The summed E-state index contributed by atoms with van der Waals surface area (Å²) in [6.45, 7) is 3.51. The highest BCUT2D eigenvalue weighted by Gasteiger charge is 2.27. The lowest BCUT2D eigenvalue weighted by Crippen LogP contribution is -2.45. The summed E-state index contributed by atoms with van der Waals surface area (Å²) in [6, 6.07) is 2.66. The Morgan fingerprint density at radius 1 is 1.35 bits per heavy atom. The molecule has 1 N–H and O–H groups in total. The average Bonchev–Trinajstić information content (AvgIpc) is 2.43. The number of carbonyl (C=O) groups excluding carboxylic acids is 1. The lowest BCUT2D eigenvalue weighted by Gasteiger charge is -2.19. The average molecular weight is 300 g/mol. The molecule has 0 aromatic carbocycles. The fraction of sp³-hybridized carbons (Fsp3) is 0.538. The van der Waals surface area contributed by atoms with Gasteiger partial charge in [-0.3, -0.25) is 9.78 Å². The smallest absolute Gasteiger partial charge is 0.324 e. The molecule has 0 saturated carbocycles. The molecule has 0 spiro atoms. The summed E-state index contributed by atoms with van der Waals surface area (Å²) >= 11 is 0. The lowest BCUT2D eigenvalue weighted by molar-refractivity contribution is -0.143. The van der Waals surface area contributed by atoms with Gasteiger partial charge in [-0.1, -0.05) is 13.8 Å². The highest BCUT2D eigenvalue weighted by molar-refractivity contribution is 7.89. The molecule has 1 heterocycles. The first-order valence-corrected chi connectivity index (χ1v) is 7.97. The minimum absolute atomic E-state index is 0.0861. The van der Waals surface area contributed by atoms with Gasteiger partial charge in [-0.2, -0.15) is 0 Å². The van der Waals surface area contributed by atoms with E-state index in [9.17, 15) is 13.2 Å². The summed E-state index contributed by atoms with van der Waals surface area (Å²) in [7, 11) is -2.31. The first-order valence-electron chi connectivity index (χ1n) is 6.32. The molecule has 1 atom stereocenters. The molecule has 0 aliphatic carbocycles. The number of nitrogens with zero attached hydrogens (tertiary/aromatic N) is 1. The van der Waals surface area contributed by atoms with Crippen molar-refractivity contribution in [3.8, 4) is 0 Å². The summed E-state index contributed by atoms with van der Waals surface area (Å²) in [5, 5.41) is 0. The van der Waals surface area contributed by atoms with Gasteiger partial charge in [0, 0.05) is 12.4 Å². The third-order valence-corrected chi connectivity index (χ3v) is 4.19. The number of hydrogen-bond donors (Lipinski definition) is 1. The zero-order valence-electron chi connectivity index (χ0n) is 11.9. The molecular weight excluding hydrogens is 280 g/mol. The van der Waals surface area contributed by atoms with E-state index in [0.29, 0.717) is 6.42 Å². The maximum atomic E-state index is 12.0. The maximum absolute atomic E-state index is 12.0. The van der Waals surface area contributed by atoms with Crippen LogP contribution in [-0.2, 0) is 26.0 Å². The van der Waals surface area contributed by atoms with Gasteiger partial charge < -0.3 is 4.74 Å². The minimum Gasteiger partial charge on any atom is -0.468 e. The van der Waals surface area contributed by atoms with Crippen LogP contribution in [0, 0.1) is 5.92 Å². The van der Waals surface area contributed by atoms with Gasteiger partial charge in [-0.25, -0.2) is 13.1 Å². The number of hydrogen-bond acceptors (Lipinski definition) is 5. The SMILES string of the molecule is COC(=O)[C@@H](NS(=O)(=O)CCc1ccncc1)C(C)C. The number of ether oxygens (including phenoxy) is 1. The van der Waals surface area contributed by atoms with Crippen LogP contribution < -0.4 is 4.72 Å². The van der Waals surface area contributed by atoms with Crippen LogP contribution in [0.5, 0.6) is 0 Å². The second-order valence-corrected chi connectivity index (χ2v) is 6.66. The Morgan fingerprint density at radius 3 is 2.45 bits per heavy atom. The van der Waals surface area contributed by atoms with Gasteiger partial charge in [0.05, 0.1) is 12.9 Å². The molecule has 0 aliphatic rings. The van der Waals surface area contributed by atoms with Gasteiger partial charge in [0.15, 0.2) is 0 Å². The quantitative estimate of drug-likeness (QED) is 0.751. The molecule has 0 amide bonds. The Labute approximate surface area is 119 Å². The molecule has 0 unspecified atom stereocenters. The van der Waals surface area contributed by atoms with Gasteiger partial charge >= 0.3 is 5.97 Å². The number of aryl methyl sites for hydroxylation is 1. The van der Waals surface area contributed by atoms with E-state index in [-0.39, 0.29) is 11.7 Å². The normalized spacial score (nSPS) is 13.2. The van der Waals surface area contributed by atoms with Crippen LogP contribution in [0.4, 0.5) is 0 Å². The Bertz CT molecular complexity index is 529. The van der Waals surface area contributed by atoms with Crippen molar-refractivity contribution in [2.24, 2.45) is 5.92 Å². The number of aromatic nitrogens is 1. The fourth-order valence-electron chi connectivity index (χ4n) is 1.64. The standard InChI is InChI=1S/C13H20N2O4S/c1-10(2)12(13(16)19-3)15-20(17,18)9-6-11-4-7-14-8-5-11/h4-5,7-8,10,12,15H,6,9H2,1-3H3/t12-/m0/s1. The number of rotatable bonds is 7. The Morgan fingerprint density at radius 2 is 1.95 bits per heavy atom. The summed E-state index contributed by atoms with van der Waals surface area (Å²) in [4.78, 5) is 15.4. The number of sulfonamides is 1. The molecule has 6 nitrogen and oxygen atoms in total. The zero-order chi connectivity index (χ0) is 15.2. The van der Waals surface area contributed by atoms with Crippen LogP contribution in [-0.4, -0.2) is 38.3 Å². The van der Waals surface area contributed by atoms with E-state index in [0.717, 1.165) is 5.56 Å². The molecule has 1 aromatic heterocycles. The monoisotopic (exact) mass is 300 g/mol. The van der Waals surface area contributed by atoms with Crippen molar-refractivity contribution in [2.45, 2.75) is 26.3 Å². The van der Waals surface area contributed by atoms with Crippen molar-refractivity contribution < 1.29 is 17.9 Å². The van der Waals surface area contributed by atoms with E-state index in [1.165, 1.54) is 7.11 Å². The van der Waals surface area contributed by atoms with E-state index < -0.39 is 22.0 Å². The summed E-state index contributed by atoms with van der Waals surface area (Å²) < 4.78 is 31.0. The van der Waals surface area contributed by atoms with Crippen LogP contribution in [0.25, 0.3) is 0 Å². The Balaban J connectivity index is 2.66. The number of methoxy groups -OCH3 is 1. The van der Waals surface area contributed by atoms with Crippen molar-refractivity contribution >= 4 is 16.0 Å². The van der Waals surface area contributed by atoms with Gasteiger partial charge in [-0.05, 0) is 30.0 Å². The van der Waals surface area contributed by atoms with Crippen molar-refractivity contribution in [2.75, 3.05) is 12.9 Å². The molecule has 7 heteroatoms. The van der Waals surface area contributed by atoms with Gasteiger partial charge in [-0.15, -0.1) is 0 Å². The van der Waals surface area contributed by atoms with Crippen LogP contribution in [0.15, 0.2) is 24.5 Å². The molecule has 0 fully saturated rings. The topological polar surface area (TPSA) is 85.4 Å². The van der Waals surface area contributed by atoms with E-state index >= 15 is 0 Å². The minimum atomic E-state index is -3.55. The first-order chi connectivity index (χ1) is 9.35. The van der Waals surface area contributed by atoms with Crippen molar-refractivity contribution in [1.29, 1.82) is 0 Å². The number of carbonyl (C=O) groups is 1. The van der Waals surface area contributed by atoms with Crippen LogP contribution in [0.1, 0.15) is 19.4 Å². The van der Waals surface area contributed by atoms with Gasteiger partial charge in [0.25, 0.3) is 0 Å². The molecule has 0 bridgehead atoms. The Hall–Kier alpha value is -1.47. The summed E-state index contributed by atoms with van der Waals surface area (Å²) in [6.07, 6.45) is 3.59. The van der Waals surface area contributed by atoms with Crippen molar-refractivity contribution in [3.63, 3.8) is 0 Å². The van der Waals surface area contributed by atoms with Crippen LogP contribution in [0.3, 0.4) is 0 Å². The lowest BCUT2D eigenvalue weighted by atomic mass is 10.1. The van der Waals surface area contributed by atoms with E-state index in [1.54, 1.807) is 38.4 Å². The largest absolute Gasteiger partial charge is 0.468 e. The van der Waals surface area contributed by atoms with Crippen LogP contribution >= 0.6 is 0 Å². The predicted molar refractivity (Wildman–Crippen MR) is 75.5 cm³/mol. The predicted octanol–water partition coefficient (Wildman–Crippen LogP) is 0.741. The summed E-state index contributed by atoms with van der Waals surface area (Å²) in [5.74, 6) is -0.845. The molecule has 1 aromatic rings. The third-order valence-electron chi connectivity index (χ3n) is 2.84. The van der Waals surface area contributed by atoms with Gasteiger partial charge in [0.2, 0.25) is 10.0 Å². The number of pyridine rings is 1. The highest BCUT2D eigenvalue weighted by atomic mass is 32.2. The van der Waals surface area contributed by atoms with Crippen molar-refractivity contribution in [1.82, 2.24) is 9.71 Å². The molecule has 0 saturated heterocycles. The summed E-state index contributed by atoms with van der Waals surface area (Å²) in [5.41, 5.74) is 0.879. The molecule has 112 valence electrons. The van der Waals surface area contributed by atoms with E-state index in [2.05, 4.69) is 14.4 Å². The molecular formula is C13H20N2O4S. The fourth-order valence-corrected chi connectivity index (χ4v) is 3.01. The Kier molecular flexibility index (Phi) is 6.09. The third kappa shape index (κ3) is 5.26. The number of esters is 1. The van der Waals surface area contributed by atoms with Gasteiger partial charge in [0.1, 0.15) is 6.04 Å². The van der Waals surface area contributed by atoms with Crippen LogP contribution in [0.2, 0.25) is 0 Å².